The second-order valence-electron chi connectivity index (χ2n) is 10.1. The van der Waals surface area contributed by atoms with Crippen LogP contribution in [0.4, 0.5) is 11.6 Å². The molecule has 1 aliphatic carbocycles. The summed E-state index contributed by atoms with van der Waals surface area (Å²) >= 11 is 0. The van der Waals surface area contributed by atoms with Crippen molar-refractivity contribution in [1.82, 2.24) is 9.97 Å². The molecular weight excluding hydrogens is 464 g/mol. The lowest BCUT2D eigenvalue weighted by atomic mass is 9.69. The Hall–Kier alpha value is -4.00. The third-order valence-corrected chi connectivity index (χ3v) is 6.96. The second kappa shape index (κ2) is 11.4. The fraction of sp³-hybridized carbons (Fsp3) is 0.333. The van der Waals surface area contributed by atoms with Crippen molar-refractivity contribution >= 4 is 29.6 Å². The number of pyridine rings is 2. The number of aryl methyl sites for hydroxylation is 1. The summed E-state index contributed by atoms with van der Waals surface area (Å²) in [6.07, 6.45) is 9.96. The zero-order valence-corrected chi connectivity index (χ0v) is 21.7. The van der Waals surface area contributed by atoms with Crippen LogP contribution in [0.3, 0.4) is 0 Å². The lowest BCUT2D eigenvalue weighted by Gasteiger charge is -2.36. The minimum atomic E-state index is -1.02. The van der Waals surface area contributed by atoms with Gasteiger partial charge in [-0.05, 0) is 73.2 Å². The van der Waals surface area contributed by atoms with E-state index in [1.807, 2.05) is 38.2 Å². The van der Waals surface area contributed by atoms with Gasteiger partial charge in [0.05, 0.1) is 5.41 Å². The van der Waals surface area contributed by atoms with Crippen molar-refractivity contribution in [3.63, 3.8) is 0 Å². The van der Waals surface area contributed by atoms with E-state index < -0.39 is 11.4 Å². The van der Waals surface area contributed by atoms with Gasteiger partial charge in [0.1, 0.15) is 11.6 Å². The van der Waals surface area contributed by atoms with E-state index in [0.29, 0.717) is 23.5 Å². The Balaban J connectivity index is 1.52. The summed E-state index contributed by atoms with van der Waals surface area (Å²) in [5, 5.41) is 12.0. The first-order valence-corrected chi connectivity index (χ1v) is 12.7. The predicted molar refractivity (Wildman–Crippen MR) is 147 cm³/mol. The molecule has 4 rings (SSSR count). The number of hydrogen-bond donors (Lipinski definition) is 2. The number of aliphatic carboxylic acids is 1. The van der Waals surface area contributed by atoms with Crippen LogP contribution >= 0.6 is 0 Å². The molecule has 7 nitrogen and oxygen atoms in total. The zero-order chi connectivity index (χ0) is 26.4. The largest absolute Gasteiger partial charge is 0.478 e. The number of carboxylic acid groups (broad SMARTS) is 1. The van der Waals surface area contributed by atoms with Crippen LogP contribution in [0.1, 0.15) is 48.9 Å². The van der Waals surface area contributed by atoms with Gasteiger partial charge in [0.15, 0.2) is 0 Å². The summed E-state index contributed by atoms with van der Waals surface area (Å²) in [6.45, 7) is 1.83. The molecule has 1 aliphatic rings. The third kappa shape index (κ3) is 6.61. The summed E-state index contributed by atoms with van der Waals surface area (Å²) in [7, 11) is 3.94. The summed E-state index contributed by atoms with van der Waals surface area (Å²) in [5.41, 5.74) is 4.17. The van der Waals surface area contributed by atoms with Crippen molar-refractivity contribution in [2.45, 2.75) is 45.4 Å². The van der Waals surface area contributed by atoms with Crippen molar-refractivity contribution in [2.24, 2.45) is 5.41 Å². The molecule has 1 fully saturated rings. The summed E-state index contributed by atoms with van der Waals surface area (Å²) in [5.74, 6) is 0.322. The molecule has 2 aromatic heterocycles. The summed E-state index contributed by atoms with van der Waals surface area (Å²) < 4.78 is 0. The minimum absolute atomic E-state index is 0.0222. The van der Waals surface area contributed by atoms with Gasteiger partial charge >= 0.3 is 5.97 Å². The molecule has 7 heteroatoms. The maximum atomic E-state index is 13.7. The molecule has 2 N–H and O–H groups in total. The van der Waals surface area contributed by atoms with E-state index in [0.717, 1.165) is 60.7 Å². The van der Waals surface area contributed by atoms with Crippen LogP contribution in [0.5, 0.6) is 0 Å². The Bertz CT molecular complexity index is 1280. The molecule has 1 saturated carbocycles. The molecule has 0 saturated heterocycles. The Morgan fingerprint density at radius 2 is 1.73 bits per heavy atom. The molecule has 37 heavy (non-hydrogen) atoms. The second-order valence-corrected chi connectivity index (χ2v) is 10.1. The van der Waals surface area contributed by atoms with Crippen LogP contribution in [-0.4, -0.2) is 41.0 Å². The van der Waals surface area contributed by atoms with E-state index in [4.69, 9.17) is 5.11 Å². The fourth-order valence-corrected chi connectivity index (χ4v) is 5.01. The molecule has 2 heterocycles. The van der Waals surface area contributed by atoms with E-state index in [-0.39, 0.29) is 5.91 Å². The van der Waals surface area contributed by atoms with Gasteiger partial charge in [-0.25, -0.2) is 14.8 Å². The highest BCUT2D eigenvalue weighted by atomic mass is 16.4. The van der Waals surface area contributed by atoms with E-state index in [2.05, 4.69) is 45.6 Å². The normalized spacial score (nSPS) is 14.9. The average molecular weight is 499 g/mol. The van der Waals surface area contributed by atoms with Gasteiger partial charge in [0.2, 0.25) is 5.91 Å². The van der Waals surface area contributed by atoms with Crippen molar-refractivity contribution < 1.29 is 14.7 Å². The molecule has 0 spiro atoms. The number of benzene rings is 1. The van der Waals surface area contributed by atoms with Crippen LogP contribution < -0.4 is 10.2 Å². The third-order valence-electron chi connectivity index (χ3n) is 6.96. The molecule has 0 radical (unpaired) electrons. The minimum Gasteiger partial charge on any atom is -0.478 e. The lowest BCUT2D eigenvalue weighted by Crippen LogP contribution is -2.40. The number of hydrogen-bond acceptors (Lipinski definition) is 5. The van der Waals surface area contributed by atoms with Gasteiger partial charge in [0, 0.05) is 37.6 Å². The number of aromatic nitrogens is 2. The van der Waals surface area contributed by atoms with Crippen LogP contribution in [-0.2, 0) is 16.0 Å². The first-order chi connectivity index (χ1) is 17.7. The molecule has 0 atom stereocenters. The van der Waals surface area contributed by atoms with Gasteiger partial charge in [-0.2, -0.15) is 0 Å². The standard InChI is InChI=1S/C30H34N4O3/c1-21-17-23(9-14-28(35)36)18-26(32-21)33-29(37)30(15-5-4-6-16-30)19-22-7-10-24(11-8-22)25-12-13-27(31-20-25)34(2)3/h7-14,17-18,20H,4-6,15-16,19H2,1-3H3,(H,35,36)(H,32,33,37)/b14-9+. The number of carboxylic acids is 1. The number of carbonyl (C=O) groups excluding carboxylic acids is 1. The van der Waals surface area contributed by atoms with E-state index >= 15 is 0 Å². The monoisotopic (exact) mass is 498 g/mol. The lowest BCUT2D eigenvalue weighted by molar-refractivity contribution is -0.131. The number of anilines is 2. The smallest absolute Gasteiger partial charge is 0.328 e. The Morgan fingerprint density at radius 1 is 1.03 bits per heavy atom. The Morgan fingerprint density at radius 3 is 2.35 bits per heavy atom. The molecule has 3 aromatic rings. The maximum absolute atomic E-state index is 13.7. The first-order valence-electron chi connectivity index (χ1n) is 12.7. The quantitative estimate of drug-likeness (QED) is 0.384. The van der Waals surface area contributed by atoms with E-state index in [9.17, 15) is 9.59 Å². The molecule has 1 aromatic carbocycles. The van der Waals surface area contributed by atoms with Gasteiger partial charge in [-0.15, -0.1) is 0 Å². The van der Waals surface area contributed by atoms with Gasteiger partial charge < -0.3 is 15.3 Å². The molecule has 192 valence electrons. The highest BCUT2D eigenvalue weighted by molar-refractivity contribution is 5.95. The fourth-order valence-electron chi connectivity index (χ4n) is 5.01. The predicted octanol–water partition coefficient (Wildman–Crippen LogP) is 5.75. The van der Waals surface area contributed by atoms with Crippen molar-refractivity contribution in [3.8, 4) is 11.1 Å². The summed E-state index contributed by atoms with van der Waals surface area (Å²) in [6, 6.07) is 16.0. The van der Waals surface area contributed by atoms with Crippen molar-refractivity contribution in [1.29, 1.82) is 0 Å². The van der Waals surface area contributed by atoms with E-state index in [1.54, 1.807) is 12.1 Å². The number of nitrogens with one attached hydrogen (secondary N) is 1. The van der Waals surface area contributed by atoms with Crippen LogP contribution in [0.2, 0.25) is 0 Å². The highest BCUT2D eigenvalue weighted by Crippen LogP contribution is 2.40. The molecule has 0 unspecified atom stereocenters. The zero-order valence-electron chi connectivity index (χ0n) is 21.7. The number of carbonyl (C=O) groups is 2. The maximum Gasteiger partial charge on any atom is 0.328 e. The van der Waals surface area contributed by atoms with Gasteiger partial charge in [-0.1, -0.05) is 43.5 Å². The van der Waals surface area contributed by atoms with Crippen molar-refractivity contribution in [2.75, 3.05) is 24.3 Å². The number of rotatable bonds is 8. The van der Waals surface area contributed by atoms with Crippen LogP contribution in [0.25, 0.3) is 17.2 Å². The molecule has 0 aliphatic heterocycles. The van der Waals surface area contributed by atoms with Gasteiger partial charge in [0.25, 0.3) is 0 Å². The average Bonchev–Trinajstić information content (AvgIpc) is 2.88. The van der Waals surface area contributed by atoms with Crippen molar-refractivity contribution in [3.05, 3.63) is 77.6 Å². The molecule has 0 bridgehead atoms. The van der Waals surface area contributed by atoms with E-state index in [1.165, 1.54) is 6.08 Å². The summed E-state index contributed by atoms with van der Waals surface area (Å²) in [4.78, 5) is 35.5. The highest BCUT2D eigenvalue weighted by Gasteiger charge is 2.39. The first kappa shape index (κ1) is 26.1. The van der Waals surface area contributed by atoms with Crippen LogP contribution in [0.15, 0.2) is 60.8 Å². The molecular formula is C30H34N4O3. The Labute approximate surface area is 218 Å². The molecule has 1 amide bonds. The topological polar surface area (TPSA) is 95.4 Å². The number of amides is 1. The number of nitrogens with zero attached hydrogens (tertiary/aromatic N) is 3. The SMILES string of the molecule is Cc1cc(/C=C/C(=O)O)cc(NC(=O)C2(Cc3ccc(-c4ccc(N(C)C)nc4)cc3)CCCCC2)n1. The van der Waals surface area contributed by atoms with Gasteiger partial charge in [-0.3, -0.25) is 4.79 Å². The Kier molecular flexibility index (Phi) is 8.01. The van der Waals surface area contributed by atoms with Crippen LogP contribution in [0, 0.1) is 12.3 Å².